The molecule has 28 heavy (non-hydrogen) atoms. The zero-order chi connectivity index (χ0) is 19.8. The molecule has 1 heterocycles. The molecule has 6 nitrogen and oxygen atoms in total. The highest BCUT2D eigenvalue weighted by Gasteiger charge is 2.12. The number of nitrogens with zero attached hydrogens (tertiary/aromatic N) is 3. The summed E-state index contributed by atoms with van der Waals surface area (Å²) in [6.45, 7) is 14.1. The van der Waals surface area contributed by atoms with Crippen LogP contribution in [0.1, 0.15) is 40.6 Å². The number of aryl methyl sites for hydroxylation is 3. The van der Waals surface area contributed by atoms with Gasteiger partial charge in [-0.25, -0.2) is 4.99 Å². The number of halogens is 1. The van der Waals surface area contributed by atoms with Crippen LogP contribution in [-0.2, 0) is 24.4 Å². The van der Waals surface area contributed by atoms with Gasteiger partial charge in [-0.15, -0.1) is 24.0 Å². The molecular weight excluding hydrogens is 465 g/mol. The summed E-state index contributed by atoms with van der Waals surface area (Å²) in [6, 6.07) is 6.50. The van der Waals surface area contributed by atoms with Gasteiger partial charge < -0.3 is 15.4 Å². The summed E-state index contributed by atoms with van der Waals surface area (Å²) in [5.41, 5.74) is 7.23. The smallest absolute Gasteiger partial charge is 0.191 e. The summed E-state index contributed by atoms with van der Waals surface area (Å²) < 4.78 is 7.17. The maximum absolute atomic E-state index is 5.17. The third-order valence-corrected chi connectivity index (χ3v) is 4.72. The molecule has 0 unspecified atom stereocenters. The van der Waals surface area contributed by atoms with Crippen LogP contribution in [0.25, 0.3) is 0 Å². The van der Waals surface area contributed by atoms with Crippen molar-refractivity contribution in [3.8, 4) is 0 Å². The predicted molar refractivity (Wildman–Crippen MR) is 127 cm³/mol. The molecule has 0 fully saturated rings. The van der Waals surface area contributed by atoms with Crippen LogP contribution >= 0.6 is 24.0 Å². The SMILES string of the molecule is CCNC(=NCc1ccc(C)cc1C)NCc1c(C)nn(CCOC)c1C.I. The second-order valence-electron chi connectivity index (χ2n) is 6.84. The zero-order valence-corrected chi connectivity index (χ0v) is 20.3. The Hall–Kier alpha value is -1.61. The van der Waals surface area contributed by atoms with E-state index < -0.39 is 0 Å². The van der Waals surface area contributed by atoms with E-state index in [-0.39, 0.29) is 24.0 Å². The molecule has 0 spiro atoms. The fourth-order valence-corrected chi connectivity index (χ4v) is 3.09. The molecule has 0 saturated carbocycles. The van der Waals surface area contributed by atoms with E-state index in [1.54, 1.807) is 7.11 Å². The van der Waals surface area contributed by atoms with Crippen LogP contribution in [0.2, 0.25) is 0 Å². The van der Waals surface area contributed by atoms with E-state index in [1.807, 2.05) is 11.6 Å². The van der Waals surface area contributed by atoms with E-state index in [0.29, 0.717) is 19.7 Å². The van der Waals surface area contributed by atoms with Gasteiger partial charge in [0, 0.05) is 31.5 Å². The Balaban J connectivity index is 0.00000392. The lowest BCUT2D eigenvalue weighted by Crippen LogP contribution is -2.37. The Morgan fingerprint density at radius 1 is 1.18 bits per heavy atom. The Bertz CT molecular complexity index is 785. The van der Waals surface area contributed by atoms with Gasteiger partial charge in [-0.3, -0.25) is 4.68 Å². The molecule has 2 aromatic rings. The average Bonchev–Trinajstić information content (AvgIpc) is 2.90. The number of aromatic nitrogens is 2. The highest BCUT2D eigenvalue weighted by molar-refractivity contribution is 14.0. The van der Waals surface area contributed by atoms with Gasteiger partial charge in [0.15, 0.2) is 5.96 Å². The molecule has 1 aromatic carbocycles. The number of ether oxygens (including phenoxy) is 1. The van der Waals surface area contributed by atoms with Crippen molar-refractivity contribution in [3.63, 3.8) is 0 Å². The van der Waals surface area contributed by atoms with Crippen molar-refractivity contribution in [2.75, 3.05) is 20.3 Å². The lowest BCUT2D eigenvalue weighted by atomic mass is 10.1. The molecule has 0 aliphatic heterocycles. The van der Waals surface area contributed by atoms with Crippen molar-refractivity contribution in [1.29, 1.82) is 0 Å². The monoisotopic (exact) mass is 499 g/mol. The van der Waals surface area contributed by atoms with Crippen molar-refractivity contribution in [2.45, 2.75) is 54.3 Å². The van der Waals surface area contributed by atoms with E-state index in [2.05, 4.69) is 61.6 Å². The van der Waals surface area contributed by atoms with Crippen molar-refractivity contribution in [1.82, 2.24) is 20.4 Å². The molecule has 0 aliphatic carbocycles. The topological polar surface area (TPSA) is 63.5 Å². The summed E-state index contributed by atoms with van der Waals surface area (Å²) in [4.78, 5) is 4.75. The third kappa shape index (κ3) is 6.77. The lowest BCUT2D eigenvalue weighted by molar-refractivity contribution is 0.182. The highest BCUT2D eigenvalue weighted by Crippen LogP contribution is 2.13. The number of guanidine groups is 1. The van der Waals surface area contributed by atoms with Crippen LogP contribution in [-0.4, -0.2) is 36.0 Å². The van der Waals surface area contributed by atoms with Crippen molar-refractivity contribution < 1.29 is 4.74 Å². The summed E-state index contributed by atoms with van der Waals surface area (Å²) in [7, 11) is 1.71. The second kappa shape index (κ2) is 12.1. The number of methoxy groups -OCH3 is 1. The first-order valence-electron chi connectivity index (χ1n) is 9.56. The van der Waals surface area contributed by atoms with Gasteiger partial charge in [-0.05, 0) is 45.7 Å². The molecular formula is C21H34IN5O. The first kappa shape index (κ1) is 24.4. The maximum atomic E-state index is 5.17. The van der Waals surface area contributed by atoms with E-state index in [9.17, 15) is 0 Å². The van der Waals surface area contributed by atoms with Crippen LogP contribution in [0.5, 0.6) is 0 Å². The van der Waals surface area contributed by atoms with Gasteiger partial charge in [-0.2, -0.15) is 5.10 Å². The third-order valence-electron chi connectivity index (χ3n) is 4.72. The van der Waals surface area contributed by atoms with Crippen molar-refractivity contribution in [3.05, 3.63) is 51.8 Å². The fraction of sp³-hybridized carbons (Fsp3) is 0.524. The van der Waals surface area contributed by atoms with Gasteiger partial charge in [-0.1, -0.05) is 23.8 Å². The number of aliphatic imine (C=N–C) groups is 1. The zero-order valence-electron chi connectivity index (χ0n) is 17.9. The number of benzene rings is 1. The molecule has 2 N–H and O–H groups in total. The van der Waals surface area contributed by atoms with Crippen LogP contribution in [0.4, 0.5) is 0 Å². The molecule has 7 heteroatoms. The minimum Gasteiger partial charge on any atom is -0.383 e. The molecule has 156 valence electrons. The molecule has 2 rings (SSSR count). The van der Waals surface area contributed by atoms with Crippen LogP contribution < -0.4 is 10.6 Å². The summed E-state index contributed by atoms with van der Waals surface area (Å²) >= 11 is 0. The number of hydrogen-bond donors (Lipinski definition) is 2. The van der Waals surface area contributed by atoms with E-state index in [1.165, 1.54) is 27.9 Å². The van der Waals surface area contributed by atoms with E-state index in [0.717, 1.165) is 24.7 Å². The quantitative estimate of drug-likeness (QED) is 0.331. The molecule has 0 bridgehead atoms. The summed E-state index contributed by atoms with van der Waals surface area (Å²) in [6.07, 6.45) is 0. The van der Waals surface area contributed by atoms with Crippen LogP contribution in [0, 0.1) is 27.7 Å². The highest BCUT2D eigenvalue weighted by atomic mass is 127. The van der Waals surface area contributed by atoms with Crippen LogP contribution in [0.15, 0.2) is 23.2 Å². The Labute approximate surface area is 186 Å². The largest absolute Gasteiger partial charge is 0.383 e. The molecule has 0 saturated heterocycles. The first-order valence-corrected chi connectivity index (χ1v) is 9.56. The van der Waals surface area contributed by atoms with Gasteiger partial charge in [0.05, 0.1) is 25.4 Å². The Kier molecular flexibility index (Phi) is 10.5. The van der Waals surface area contributed by atoms with Gasteiger partial charge in [0.25, 0.3) is 0 Å². The van der Waals surface area contributed by atoms with E-state index >= 15 is 0 Å². The van der Waals surface area contributed by atoms with Gasteiger partial charge >= 0.3 is 0 Å². The molecule has 0 radical (unpaired) electrons. The van der Waals surface area contributed by atoms with E-state index in [4.69, 9.17) is 9.73 Å². The number of nitrogens with one attached hydrogen (secondary N) is 2. The average molecular weight is 499 g/mol. The molecule has 0 atom stereocenters. The summed E-state index contributed by atoms with van der Waals surface area (Å²) in [5, 5.41) is 11.4. The summed E-state index contributed by atoms with van der Waals surface area (Å²) in [5.74, 6) is 0.820. The number of rotatable bonds is 8. The minimum atomic E-state index is 0. The van der Waals surface area contributed by atoms with Crippen molar-refractivity contribution in [2.24, 2.45) is 4.99 Å². The molecule has 0 amide bonds. The number of hydrogen-bond acceptors (Lipinski definition) is 3. The van der Waals surface area contributed by atoms with Crippen molar-refractivity contribution >= 4 is 29.9 Å². The normalized spacial score (nSPS) is 11.3. The Morgan fingerprint density at radius 3 is 2.57 bits per heavy atom. The first-order chi connectivity index (χ1) is 13.0. The predicted octanol–water partition coefficient (Wildman–Crippen LogP) is 3.64. The van der Waals surface area contributed by atoms with Gasteiger partial charge in [0.1, 0.15) is 0 Å². The fourth-order valence-electron chi connectivity index (χ4n) is 3.09. The van der Waals surface area contributed by atoms with Crippen LogP contribution in [0.3, 0.4) is 0 Å². The molecule has 1 aromatic heterocycles. The lowest BCUT2D eigenvalue weighted by Gasteiger charge is -2.12. The minimum absolute atomic E-state index is 0. The molecule has 0 aliphatic rings. The standard InChI is InChI=1S/C21H33N5O.HI/c1-7-22-21(23-13-19-9-8-15(2)12-16(19)3)24-14-20-17(4)25-26(18(20)5)10-11-27-6;/h8-9,12H,7,10-11,13-14H2,1-6H3,(H2,22,23,24);1H. The Morgan fingerprint density at radius 2 is 1.93 bits per heavy atom. The second-order valence-corrected chi connectivity index (χ2v) is 6.84. The van der Waals surface area contributed by atoms with Gasteiger partial charge in [0.2, 0.25) is 0 Å². The maximum Gasteiger partial charge on any atom is 0.191 e.